The van der Waals surface area contributed by atoms with Gasteiger partial charge >= 0.3 is 0 Å². The molecule has 0 spiro atoms. The number of halogens is 1. The molecule has 1 N–H and O–H groups in total. The number of nitrogens with one attached hydrogen (secondary N) is 1. The molecule has 20 heavy (non-hydrogen) atoms. The summed E-state index contributed by atoms with van der Waals surface area (Å²) in [4.78, 5) is 0. The molecule has 0 saturated heterocycles. The summed E-state index contributed by atoms with van der Waals surface area (Å²) in [6.07, 6.45) is 1.88. The summed E-state index contributed by atoms with van der Waals surface area (Å²) in [6, 6.07) is 6.79. The van der Waals surface area contributed by atoms with Gasteiger partial charge in [-0.15, -0.1) is 0 Å². The van der Waals surface area contributed by atoms with Gasteiger partial charge in [0.05, 0.1) is 22.4 Å². The quantitative estimate of drug-likeness (QED) is 0.895. The molecular formula is C16H22BrN3. The number of aromatic nitrogens is 2. The molecule has 3 nitrogen and oxygen atoms in total. The van der Waals surface area contributed by atoms with E-state index in [9.17, 15) is 0 Å². The SMILES string of the molecule is CCNC(c1ccc(C)cc1C)c1c(Br)cnn1CC. The average molecular weight is 336 g/mol. The van der Waals surface area contributed by atoms with Crippen molar-refractivity contribution in [3.63, 3.8) is 0 Å². The van der Waals surface area contributed by atoms with Crippen molar-refractivity contribution in [3.8, 4) is 0 Å². The minimum atomic E-state index is 0.164. The first kappa shape index (κ1) is 15.3. The molecule has 1 unspecified atom stereocenters. The Labute approximate surface area is 129 Å². The van der Waals surface area contributed by atoms with Crippen LogP contribution in [0.3, 0.4) is 0 Å². The number of hydrogen-bond donors (Lipinski definition) is 1. The predicted molar refractivity (Wildman–Crippen MR) is 87.0 cm³/mol. The summed E-state index contributed by atoms with van der Waals surface area (Å²) in [5.74, 6) is 0. The minimum absolute atomic E-state index is 0.164. The smallest absolute Gasteiger partial charge is 0.0762 e. The molecule has 0 amide bonds. The van der Waals surface area contributed by atoms with Crippen molar-refractivity contribution in [1.29, 1.82) is 0 Å². The topological polar surface area (TPSA) is 29.9 Å². The van der Waals surface area contributed by atoms with E-state index in [0.29, 0.717) is 0 Å². The van der Waals surface area contributed by atoms with Crippen molar-refractivity contribution in [1.82, 2.24) is 15.1 Å². The van der Waals surface area contributed by atoms with Gasteiger partial charge in [-0.05, 0) is 54.4 Å². The highest BCUT2D eigenvalue weighted by atomic mass is 79.9. The van der Waals surface area contributed by atoms with Crippen molar-refractivity contribution in [2.45, 2.75) is 40.3 Å². The van der Waals surface area contributed by atoms with Gasteiger partial charge in [-0.3, -0.25) is 4.68 Å². The monoisotopic (exact) mass is 335 g/mol. The highest BCUT2D eigenvalue weighted by Crippen LogP contribution is 2.30. The number of benzene rings is 1. The molecule has 1 heterocycles. The maximum absolute atomic E-state index is 4.44. The Morgan fingerprint density at radius 3 is 2.65 bits per heavy atom. The zero-order valence-corrected chi connectivity index (χ0v) is 14.2. The second-order valence-electron chi connectivity index (χ2n) is 5.04. The van der Waals surface area contributed by atoms with Crippen LogP contribution in [-0.4, -0.2) is 16.3 Å². The number of hydrogen-bond acceptors (Lipinski definition) is 2. The Morgan fingerprint density at radius 2 is 2.05 bits per heavy atom. The van der Waals surface area contributed by atoms with Crippen LogP contribution >= 0.6 is 15.9 Å². The van der Waals surface area contributed by atoms with E-state index in [-0.39, 0.29) is 6.04 Å². The third kappa shape index (κ3) is 2.96. The largest absolute Gasteiger partial charge is 0.305 e. The fourth-order valence-electron chi connectivity index (χ4n) is 2.62. The van der Waals surface area contributed by atoms with Crippen molar-refractivity contribution >= 4 is 15.9 Å². The molecule has 2 rings (SSSR count). The van der Waals surface area contributed by atoms with E-state index in [0.717, 1.165) is 17.6 Å². The average Bonchev–Trinajstić information content (AvgIpc) is 2.78. The van der Waals surface area contributed by atoms with Crippen LogP contribution in [0.15, 0.2) is 28.9 Å². The van der Waals surface area contributed by atoms with Gasteiger partial charge in [-0.2, -0.15) is 5.10 Å². The van der Waals surface area contributed by atoms with Gasteiger partial charge in [-0.1, -0.05) is 30.7 Å². The molecule has 4 heteroatoms. The summed E-state index contributed by atoms with van der Waals surface area (Å²) in [5.41, 5.74) is 5.12. The molecule has 0 radical (unpaired) electrons. The Bertz CT molecular complexity index is 589. The highest BCUT2D eigenvalue weighted by Gasteiger charge is 2.22. The summed E-state index contributed by atoms with van der Waals surface area (Å²) in [7, 11) is 0. The van der Waals surface area contributed by atoms with Crippen LogP contribution < -0.4 is 5.32 Å². The van der Waals surface area contributed by atoms with Gasteiger partial charge in [0.25, 0.3) is 0 Å². The van der Waals surface area contributed by atoms with Crippen molar-refractivity contribution in [2.75, 3.05) is 6.54 Å². The van der Waals surface area contributed by atoms with Gasteiger partial charge in [0, 0.05) is 6.54 Å². The second kappa shape index (κ2) is 6.55. The van der Waals surface area contributed by atoms with Crippen LogP contribution in [0.1, 0.15) is 42.3 Å². The Morgan fingerprint density at radius 1 is 1.30 bits per heavy atom. The first-order valence-corrected chi connectivity index (χ1v) is 7.89. The highest BCUT2D eigenvalue weighted by molar-refractivity contribution is 9.10. The zero-order valence-electron chi connectivity index (χ0n) is 12.6. The van der Waals surface area contributed by atoms with Crippen LogP contribution in [0.2, 0.25) is 0 Å². The van der Waals surface area contributed by atoms with Crippen molar-refractivity contribution in [2.24, 2.45) is 0 Å². The van der Waals surface area contributed by atoms with Gasteiger partial charge in [0.2, 0.25) is 0 Å². The minimum Gasteiger partial charge on any atom is -0.305 e. The molecule has 2 aromatic rings. The van der Waals surface area contributed by atoms with E-state index < -0.39 is 0 Å². The van der Waals surface area contributed by atoms with E-state index >= 15 is 0 Å². The molecule has 1 aromatic carbocycles. The molecule has 1 aromatic heterocycles. The zero-order chi connectivity index (χ0) is 14.7. The predicted octanol–water partition coefficient (Wildman–Crippen LogP) is 3.98. The molecule has 0 aliphatic heterocycles. The Balaban J connectivity index is 2.53. The molecule has 0 aliphatic rings. The molecular weight excluding hydrogens is 314 g/mol. The van der Waals surface area contributed by atoms with Crippen LogP contribution in [0.5, 0.6) is 0 Å². The number of rotatable bonds is 5. The van der Waals surface area contributed by atoms with Gasteiger partial charge in [0.1, 0.15) is 0 Å². The van der Waals surface area contributed by atoms with E-state index in [4.69, 9.17) is 0 Å². The Hall–Kier alpha value is -1.13. The van der Waals surface area contributed by atoms with E-state index in [1.807, 2.05) is 6.20 Å². The van der Waals surface area contributed by atoms with E-state index in [1.54, 1.807) is 0 Å². The fraction of sp³-hybridized carbons (Fsp3) is 0.438. The summed E-state index contributed by atoms with van der Waals surface area (Å²) in [5, 5.41) is 8.03. The molecule has 0 aliphatic carbocycles. The van der Waals surface area contributed by atoms with Crippen LogP contribution in [-0.2, 0) is 6.54 Å². The first-order chi connectivity index (χ1) is 9.58. The lowest BCUT2D eigenvalue weighted by Crippen LogP contribution is -2.26. The Kier molecular flexibility index (Phi) is 5.00. The van der Waals surface area contributed by atoms with Crippen LogP contribution in [0, 0.1) is 13.8 Å². The van der Waals surface area contributed by atoms with Gasteiger partial charge in [0.15, 0.2) is 0 Å². The first-order valence-electron chi connectivity index (χ1n) is 7.10. The number of nitrogens with zero attached hydrogens (tertiary/aromatic N) is 2. The third-order valence-corrected chi connectivity index (χ3v) is 4.16. The maximum atomic E-state index is 4.44. The molecule has 0 saturated carbocycles. The lowest BCUT2D eigenvalue weighted by Gasteiger charge is -2.22. The van der Waals surface area contributed by atoms with E-state index in [2.05, 4.69) is 76.9 Å². The van der Waals surface area contributed by atoms with Crippen LogP contribution in [0.4, 0.5) is 0 Å². The molecule has 108 valence electrons. The maximum Gasteiger partial charge on any atom is 0.0762 e. The third-order valence-electron chi connectivity index (χ3n) is 3.55. The molecule has 1 atom stereocenters. The summed E-state index contributed by atoms with van der Waals surface area (Å²) >= 11 is 3.64. The van der Waals surface area contributed by atoms with Crippen molar-refractivity contribution in [3.05, 3.63) is 51.3 Å². The van der Waals surface area contributed by atoms with Gasteiger partial charge in [-0.25, -0.2) is 0 Å². The lowest BCUT2D eigenvalue weighted by atomic mass is 9.97. The molecule has 0 fully saturated rings. The second-order valence-corrected chi connectivity index (χ2v) is 5.90. The van der Waals surface area contributed by atoms with Gasteiger partial charge < -0.3 is 5.32 Å². The lowest BCUT2D eigenvalue weighted by molar-refractivity contribution is 0.539. The number of aryl methyl sites for hydroxylation is 3. The molecule has 0 bridgehead atoms. The summed E-state index contributed by atoms with van der Waals surface area (Å²) < 4.78 is 3.11. The standard InChI is InChI=1S/C16H22BrN3/c1-5-18-15(13-8-7-11(3)9-12(13)4)16-14(17)10-19-20(16)6-2/h7-10,15,18H,5-6H2,1-4H3. The normalized spacial score (nSPS) is 12.7. The summed E-state index contributed by atoms with van der Waals surface area (Å²) in [6.45, 7) is 10.3. The fourth-order valence-corrected chi connectivity index (χ4v) is 3.14. The van der Waals surface area contributed by atoms with Crippen LogP contribution in [0.25, 0.3) is 0 Å². The van der Waals surface area contributed by atoms with E-state index in [1.165, 1.54) is 22.4 Å². The van der Waals surface area contributed by atoms with Crippen molar-refractivity contribution < 1.29 is 0 Å².